The zero-order valence-electron chi connectivity index (χ0n) is 18.8. The van der Waals surface area contributed by atoms with Crippen molar-refractivity contribution in [3.63, 3.8) is 0 Å². The van der Waals surface area contributed by atoms with Crippen LogP contribution in [0.5, 0.6) is 0 Å². The van der Waals surface area contributed by atoms with E-state index in [4.69, 9.17) is 15.7 Å². The smallest absolute Gasteiger partial charge is 0.333 e. The molecule has 0 unspecified atom stereocenters. The number of carbonyl (C=O) groups excluding carboxylic acids is 1. The minimum absolute atomic E-state index is 0.0780. The summed E-state index contributed by atoms with van der Waals surface area (Å²) in [5.41, 5.74) is 3.20. The Hall–Kier alpha value is -3.45. The third-order valence-electron chi connectivity index (χ3n) is 5.46. The lowest BCUT2D eigenvalue weighted by Gasteiger charge is -2.37. The summed E-state index contributed by atoms with van der Waals surface area (Å²) in [5, 5.41) is 15.1. The summed E-state index contributed by atoms with van der Waals surface area (Å²) in [7, 11) is 0. The molecule has 3 rings (SSSR count). The molecule has 194 valence electrons. The Morgan fingerprint density at radius 2 is 1.72 bits per heavy atom. The summed E-state index contributed by atoms with van der Waals surface area (Å²) in [4.78, 5) is 19.9. The summed E-state index contributed by atoms with van der Waals surface area (Å²) in [5.74, 6) is -6.49. The highest BCUT2D eigenvalue weighted by atomic mass is 19.4. The molecule has 3 N–H and O–H groups in total. The highest BCUT2D eigenvalue weighted by Gasteiger charge is 2.41. The van der Waals surface area contributed by atoms with Crippen LogP contribution in [0.4, 0.5) is 26.3 Å². The van der Waals surface area contributed by atoms with E-state index in [1.54, 1.807) is 30.3 Å². The van der Waals surface area contributed by atoms with Crippen molar-refractivity contribution in [2.45, 2.75) is 31.7 Å². The summed E-state index contributed by atoms with van der Waals surface area (Å²) in [6, 6.07) is 9.08. The molecule has 1 amide bonds. The minimum Gasteiger partial charge on any atom is -0.333 e. The summed E-state index contributed by atoms with van der Waals surface area (Å²) in [6.45, 7) is -0.969. The highest BCUT2D eigenvalue weighted by molar-refractivity contribution is 6.02. The molecule has 1 aliphatic heterocycles. The number of benzene rings is 2. The van der Waals surface area contributed by atoms with Crippen LogP contribution >= 0.6 is 0 Å². The molecule has 1 aliphatic rings. The maximum Gasteiger partial charge on any atom is 0.449 e. The van der Waals surface area contributed by atoms with Crippen LogP contribution in [-0.4, -0.2) is 59.2 Å². The van der Waals surface area contributed by atoms with E-state index in [-0.39, 0.29) is 31.6 Å². The largest absolute Gasteiger partial charge is 0.449 e. The van der Waals surface area contributed by atoms with E-state index in [2.05, 4.69) is 5.48 Å². The highest BCUT2D eigenvalue weighted by Crippen LogP contribution is 2.21. The van der Waals surface area contributed by atoms with Crippen molar-refractivity contribution in [3.05, 3.63) is 71.0 Å². The van der Waals surface area contributed by atoms with Gasteiger partial charge in [-0.25, -0.2) is 13.2 Å². The van der Waals surface area contributed by atoms with Crippen LogP contribution < -0.4 is 5.48 Å². The average molecular weight is 515 g/mol. The van der Waals surface area contributed by atoms with Gasteiger partial charge in [-0.3, -0.25) is 20.5 Å². The number of nitrogens with one attached hydrogen (secondary N) is 3. The number of hydroxylamine groups is 1. The molecule has 2 aromatic carbocycles. The first kappa shape index (κ1) is 27.1. The molecule has 7 nitrogen and oxygen atoms in total. The molecule has 1 saturated heterocycles. The lowest BCUT2D eigenvalue weighted by Crippen LogP contribution is -2.57. The number of rotatable bonds is 8. The summed E-state index contributed by atoms with van der Waals surface area (Å²) >= 11 is 0. The Morgan fingerprint density at radius 1 is 1.06 bits per heavy atom. The molecule has 2 aromatic rings. The van der Waals surface area contributed by atoms with Crippen LogP contribution in [-0.2, 0) is 22.7 Å². The number of hydrogen-bond donors (Lipinski definition) is 3. The predicted octanol–water partition coefficient (Wildman–Crippen LogP) is 3.79. The van der Waals surface area contributed by atoms with Crippen LogP contribution in [0.3, 0.4) is 0 Å². The predicted molar refractivity (Wildman–Crippen MR) is 118 cm³/mol. The van der Waals surface area contributed by atoms with Gasteiger partial charge in [0.05, 0.1) is 13.2 Å². The zero-order valence-corrected chi connectivity index (χ0v) is 18.8. The van der Waals surface area contributed by atoms with E-state index < -0.39 is 60.3 Å². The van der Waals surface area contributed by atoms with Gasteiger partial charge in [-0.2, -0.15) is 18.7 Å². The standard InChI is InChI=1S/C23H23F6N5O2/c24-17-11-19(26)18(25)9-15(17)8-16(32-36-13-14-4-2-1-3-5-14)10-21(35)33-6-7-34(20(30)12-33)22(31)23(27,28)29/h1-5,9,11,16,30-32H,6-8,10,12-13H2/t16-/m1/s1. The SMILES string of the molecule is N=C1CN(C(=O)C[C@@H](Cc2cc(F)c(F)cc2F)NOCc2ccccc2)CCN1C(=N)C(F)(F)F. The van der Waals surface area contributed by atoms with Gasteiger partial charge in [0.1, 0.15) is 11.7 Å². The van der Waals surface area contributed by atoms with Crippen LogP contribution in [0.2, 0.25) is 0 Å². The van der Waals surface area contributed by atoms with Gasteiger partial charge >= 0.3 is 6.18 Å². The molecule has 1 heterocycles. The molecular formula is C23H23F6N5O2. The van der Waals surface area contributed by atoms with Crippen LogP contribution in [0.15, 0.2) is 42.5 Å². The number of amidine groups is 2. The van der Waals surface area contributed by atoms with Gasteiger partial charge in [0.25, 0.3) is 0 Å². The van der Waals surface area contributed by atoms with E-state index in [0.29, 0.717) is 17.0 Å². The Bertz CT molecular complexity index is 1110. The first-order chi connectivity index (χ1) is 17.0. The van der Waals surface area contributed by atoms with Gasteiger partial charge in [-0.1, -0.05) is 30.3 Å². The number of amides is 1. The van der Waals surface area contributed by atoms with Crippen molar-refractivity contribution in [1.29, 1.82) is 10.8 Å². The van der Waals surface area contributed by atoms with E-state index in [9.17, 15) is 31.1 Å². The first-order valence-corrected chi connectivity index (χ1v) is 10.8. The van der Waals surface area contributed by atoms with Crippen molar-refractivity contribution in [1.82, 2.24) is 15.3 Å². The van der Waals surface area contributed by atoms with E-state index >= 15 is 0 Å². The van der Waals surface area contributed by atoms with Crippen molar-refractivity contribution in [2.24, 2.45) is 0 Å². The average Bonchev–Trinajstić information content (AvgIpc) is 2.82. The molecule has 36 heavy (non-hydrogen) atoms. The third kappa shape index (κ3) is 7.04. The molecule has 0 saturated carbocycles. The van der Waals surface area contributed by atoms with Crippen LogP contribution in [0.1, 0.15) is 17.5 Å². The second-order valence-corrected chi connectivity index (χ2v) is 8.12. The number of carbonyl (C=O) groups is 1. The van der Waals surface area contributed by atoms with E-state index in [1.807, 2.05) is 0 Å². The normalized spacial score (nSPS) is 15.2. The zero-order chi connectivity index (χ0) is 26.5. The minimum atomic E-state index is -4.93. The van der Waals surface area contributed by atoms with E-state index in [1.165, 1.54) is 0 Å². The van der Waals surface area contributed by atoms with Gasteiger partial charge < -0.3 is 9.80 Å². The molecule has 0 bridgehead atoms. The van der Waals surface area contributed by atoms with E-state index in [0.717, 1.165) is 10.5 Å². The van der Waals surface area contributed by atoms with Gasteiger partial charge in [0.15, 0.2) is 11.6 Å². The number of alkyl halides is 3. The number of hydrogen-bond acceptors (Lipinski definition) is 5. The third-order valence-corrected chi connectivity index (χ3v) is 5.46. The fourth-order valence-corrected chi connectivity index (χ4v) is 3.61. The molecule has 0 aliphatic carbocycles. The molecular weight excluding hydrogens is 492 g/mol. The molecule has 1 fully saturated rings. The fourth-order valence-electron chi connectivity index (χ4n) is 3.61. The monoisotopic (exact) mass is 515 g/mol. The van der Waals surface area contributed by atoms with Crippen molar-refractivity contribution in [2.75, 3.05) is 19.6 Å². The molecule has 1 atom stereocenters. The molecule has 13 heteroatoms. The topological polar surface area (TPSA) is 92.5 Å². The second-order valence-electron chi connectivity index (χ2n) is 8.12. The van der Waals surface area contributed by atoms with Crippen LogP contribution in [0.25, 0.3) is 0 Å². The first-order valence-electron chi connectivity index (χ1n) is 10.8. The molecule has 0 spiro atoms. The lowest BCUT2D eigenvalue weighted by molar-refractivity contribution is -0.132. The quantitative estimate of drug-likeness (QED) is 0.164. The maximum atomic E-state index is 14.2. The molecule has 0 radical (unpaired) electrons. The molecule has 0 aromatic heterocycles. The number of halogens is 6. The Morgan fingerprint density at radius 3 is 2.36 bits per heavy atom. The van der Waals surface area contributed by atoms with Gasteiger partial charge in [0, 0.05) is 31.6 Å². The van der Waals surface area contributed by atoms with Gasteiger partial charge in [-0.15, -0.1) is 0 Å². The fraction of sp³-hybridized carbons (Fsp3) is 0.348. The van der Waals surface area contributed by atoms with Gasteiger partial charge in [-0.05, 0) is 23.6 Å². The Labute approximate surface area is 202 Å². The summed E-state index contributed by atoms with van der Waals surface area (Å²) in [6.07, 6.45) is -5.53. The van der Waals surface area contributed by atoms with Crippen molar-refractivity contribution < 1.29 is 36.0 Å². The van der Waals surface area contributed by atoms with Crippen molar-refractivity contribution >= 4 is 17.6 Å². The Kier molecular flexibility index (Phi) is 8.69. The number of nitrogens with zero attached hydrogens (tertiary/aromatic N) is 2. The lowest BCUT2D eigenvalue weighted by atomic mass is 10.0. The van der Waals surface area contributed by atoms with Crippen LogP contribution in [0, 0.1) is 28.3 Å². The summed E-state index contributed by atoms with van der Waals surface area (Å²) < 4.78 is 79.7. The Balaban J connectivity index is 1.68. The second kappa shape index (κ2) is 11.5. The van der Waals surface area contributed by atoms with Crippen molar-refractivity contribution in [3.8, 4) is 0 Å². The number of piperazine rings is 1. The van der Waals surface area contributed by atoms with Gasteiger partial charge in [0.2, 0.25) is 11.7 Å². The maximum absolute atomic E-state index is 14.2.